The van der Waals surface area contributed by atoms with E-state index in [4.69, 9.17) is 11.6 Å². The van der Waals surface area contributed by atoms with E-state index in [1.165, 1.54) is 5.56 Å². The number of halogens is 1. The van der Waals surface area contributed by atoms with Gasteiger partial charge in [0.15, 0.2) is 0 Å². The number of benzene rings is 1. The molecule has 0 radical (unpaired) electrons. The number of hydrogen-bond donors (Lipinski definition) is 1. The van der Waals surface area contributed by atoms with E-state index in [0.29, 0.717) is 0 Å². The second-order valence-corrected chi connectivity index (χ2v) is 4.11. The van der Waals surface area contributed by atoms with Gasteiger partial charge < -0.3 is 9.88 Å². The fourth-order valence-corrected chi connectivity index (χ4v) is 1.67. The van der Waals surface area contributed by atoms with Crippen LogP contribution >= 0.6 is 11.6 Å². The molecular weight excluding hydrogens is 234 g/mol. The lowest BCUT2D eigenvalue weighted by Crippen LogP contribution is -2.06. The minimum absolute atomic E-state index is 0.728. The summed E-state index contributed by atoms with van der Waals surface area (Å²) in [6.07, 6.45) is 5.54. The van der Waals surface area contributed by atoms with Crippen molar-refractivity contribution in [2.24, 2.45) is 0 Å². The lowest BCUT2D eigenvalue weighted by atomic mass is 10.2. The minimum atomic E-state index is 0.728. The first kappa shape index (κ1) is 11.7. The van der Waals surface area contributed by atoms with Gasteiger partial charge in [0.2, 0.25) is 5.95 Å². The van der Waals surface area contributed by atoms with Crippen LogP contribution in [0.4, 0.5) is 5.95 Å². The molecule has 2 aromatic rings. The molecule has 3 nitrogen and oxygen atoms in total. The van der Waals surface area contributed by atoms with E-state index in [2.05, 4.69) is 16.9 Å². The largest absolute Gasteiger partial charge is 0.352 e. The molecule has 0 aliphatic rings. The first-order valence-corrected chi connectivity index (χ1v) is 5.78. The number of nitrogens with zero attached hydrogens (tertiary/aromatic N) is 2. The van der Waals surface area contributed by atoms with Gasteiger partial charge in [-0.25, -0.2) is 4.98 Å². The molecule has 0 fully saturated rings. The van der Waals surface area contributed by atoms with Crippen LogP contribution in [0.1, 0.15) is 5.56 Å². The third-order valence-corrected chi connectivity index (χ3v) is 2.66. The first-order valence-electron chi connectivity index (χ1n) is 5.40. The Bertz CT molecular complexity index is 488. The maximum atomic E-state index is 5.83. The predicted molar refractivity (Wildman–Crippen MR) is 71.2 cm³/mol. The summed E-state index contributed by atoms with van der Waals surface area (Å²) in [5.41, 5.74) is 1.17. The molecule has 0 saturated carbocycles. The van der Waals surface area contributed by atoms with Crippen molar-refractivity contribution in [3.05, 3.63) is 59.9 Å². The van der Waals surface area contributed by atoms with Crippen LogP contribution in [-0.2, 0) is 13.1 Å². The second kappa shape index (κ2) is 5.55. The molecule has 1 aromatic carbocycles. The molecule has 0 bridgehead atoms. The van der Waals surface area contributed by atoms with Crippen LogP contribution < -0.4 is 5.32 Å². The first-order chi connectivity index (χ1) is 8.29. The van der Waals surface area contributed by atoms with Gasteiger partial charge in [-0.05, 0) is 17.7 Å². The molecule has 0 saturated heterocycles. The topological polar surface area (TPSA) is 29.9 Å². The van der Waals surface area contributed by atoms with Crippen molar-refractivity contribution in [1.29, 1.82) is 0 Å². The quantitative estimate of drug-likeness (QED) is 0.822. The van der Waals surface area contributed by atoms with Gasteiger partial charge in [-0.2, -0.15) is 0 Å². The predicted octanol–water partition coefficient (Wildman–Crippen LogP) is 3.33. The smallest absolute Gasteiger partial charge is 0.203 e. The molecule has 1 heterocycles. The number of imidazole rings is 1. The van der Waals surface area contributed by atoms with Gasteiger partial charge in [-0.15, -0.1) is 6.58 Å². The summed E-state index contributed by atoms with van der Waals surface area (Å²) in [5, 5.41) is 4.03. The zero-order valence-corrected chi connectivity index (χ0v) is 10.2. The normalized spacial score (nSPS) is 10.2. The Morgan fingerprint density at radius 3 is 2.82 bits per heavy atom. The molecule has 0 spiro atoms. The van der Waals surface area contributed by atoms with Crippen LogP contribution in [0.25, 0.3) is 0 Å². The Kier molecular flexibility index (Phi) is 3.83. The maximum Gasteiger partial charge on any atom is 0.203 e. The minimum Gasteiger partial charge on any atom is -0.352 e. The monoisotopic (exact) mass is 247 g/mol. The highest BCUT2D eigenvalue weighted by Gasteiger charge is 2.00. The Labute approximate surface area is 106 Å². The maximum absolute atomic E-state index is 5.83. The summed E-state index contributed by atoms with van der Waals surface area (Å²) in [6, 6.07) is 7.76. The molecular formula is C13H14ClN3. The number of rotatable bonds is 5. The van der Waals surface area contributed by atoms with Gasteiger partial charge in [0.25, 0.3) is 0 Å². The third kappa shape index (κ3) is 3.11. The summed E-state index contributed by atoms with van der Waals surface area (Å²) in [6.45, 7) is 5.19. The molecule has 2 rings (SSSR count). The molecule has 1 N–H and O–H groups in total. The second-order valence-electron chi connectivity index (χ2n) is 3.67. The number of allylic oxidation sites excluding steroid dienone is 1. The van der Waals surface area contributed by atoms with Crippen LogP contribution in [0, 0.1) is 0 Å². The number of hydrogen-bond acceptors (Lipinski definition) is 2. The molecule has 17 heavy (non-hydrogen) atoms. The highest BCUT2D eigenvalue weighted by Crippen LogP contribution is 2.11. The lowest BCUT2D eigenvalue weighted by molar-refractivity contribution is 0.820. The van der Waals surface area contributed by atoms with Gasteiger partial charge in [0.05, 0.1) is 0 Å². The highest BCUT2D eigenvalue weighted by atomic mass is 35.5. The van der Waals surface area contributed by atoms with E-state index >= 15 is 0 Å². The fraction of sp³-hybridized carbons (Fsp3) is 0.154. The Balaban J connectivity index is 1.99. The molecule has 0 atom stereocenters. The van der Waals surface area contributed by atoms with Crippen molar-refractivity contribution in [2.75, 3.05) is 5.32 Å². The SMILES string of the molecule is C=CCn1ccnc1NCc1ccc(Cl)cc1. The zero-order chi connectivity index (χ0) is 12.1. The fourth-order valence-electron chi connectivity index (χ4n) is 1.55. The number of nitrogens with one attached hydrogen (secondary N) is 1. The van der Waals surface area contributed by atoms with Gasteiger partial charge in [-0.1, -0.05) is 29.8 Å². The van der Waals surface area contributed by atoms with Crippen molar-refractivity contribution in [2.45, 2.75) is 13.1 Å². The molecule has 0 aliphatic carbocycles. The Morgan fingerprint density at radius 2 is 2.12 bits per heavy atom. The van der Waals surface area contributed by atoms with Gasteiger partial charge >= 0.3 is 0 Å². The lowest BCUT2D eigenvalue weighted by Gasteiger charge is -2.08. The number of aromatic nitrogens is 2. The van der Waals surface area contributed by atoms with E-state index in [-0.39, 0.29) is 0 Å². The van der Waals surface area contributed by atoms with E-state index in [9.17, 15) is 0 Å². The van der Waals surface area contributed by atoms with Crippen molar-refractivity contribution in [3.8, 4) is 0 Å². The number of anilines is 1. The average molecular weight is 248 g/mol. The van der Waals surface area contributed by atoms with Crippen LogP contribution in [0.5, 0.6) is 0 Å². The third-order valence-electron chi connectivity index (χ3n) is 2.41. The van der Waals surface area contributed by atoms with Crippen molar-refractivity contribution >= 4 is 17.5 Å². The molecule has 0 aliphatic heterocycles. The van der Waals surface area contributed by atoms with Crippen molar-refractivity contribution < 1.29 is 0 Å². The summed E-state index contributed by atoms with van der Waals surface area (Å²) < 4.78 is 2.00. The average Bonchev–Trinajstić information content (AvgIpc) is 2.77. The molecule has 0 amide bonds. The molecule has 1 aromatic heterocycles. The van der Waals surface area contributed by atoms with E-state index in [0.717, 1.165) is 24.1 Å². The Morgan fingerprint density at radius 1 is 1.35 bits per heavy atom. The van der Waals surface area contributed by atoms with E-state index < -0.39 is 0 Å². The molecule has 0 unspecified atom stereocenters. The standard InChI is InChI=1S/C13H14ClN3/c1-2-8-17-9-7-15-13(17)16-10-11-3-5-12(14)6-4-11/h2-7,9H,1,8,10H2,(H,15,16). The van der Waals surface area contributed by atoms with Crippen molar-refractivity contribution in [1.82, 2.24) is 9.55 Å². The highest BCUT2D eigenvalue weighted by molar-refractivity contribution is 6.30. The van der Waals surface area contributed by atoms with Crippen LogP contribution in [-0.4, -0.2) is 9.55 Å². The summed E-state index contributed by atoms with van der Waals surface area (Å²) in [7, 11) is 0. The molecule has 88 valence electrons. The summed E-state index contributed by atoms with van der Waals surface area (Å²) in [5.74, 6) is 0.847. The summed E-state index contributed by atoms with van der Waals surface area (Å²) in [4.78, 5) is 4.25. The summed E-state index contributed by atoms with van der Waals surface area (Å²) >= 11 is 5.83. The van der Waals surface area contributed by atoms with Crippen LogP contribution in [0.2, 0.25) is 5.02 Å². The van der Waals surface area contributed by atoms with Gasteiger partial charge in [-0.3, -0.25) is 0 Å². The van der Waals surface area contributed by atoms with Gasteiger partial charge in [0, 0.05) is 30.5 Å². The zero-order valence-electron chi connectivity index (χ0n) is 9.44. The van der Waals surface area contributed by atoms with E-state index in [1.54, 1.807) is 6.20 Å². The van der Waals surface area contributed by atoms with Crippen molar-refractivity contribution in [3.63, 3.8) is 0 Å². The molecule has 4 heteroatoms. The Hall–Kier alpha value is -1.74. The van der Waals surface area contributed by atoms with Crippen LogP contribution in [0.15, 0.2) is 49.3 Å². The van der Waals surface area contributed by atoms with E-state index in [1.807, 2.05) is 41.1 Å². The van der Waals surface area contributed by atoms with Gasteiger partial charge in [0.1, 0.15) is 0 Å². The van der Waals surface area contributed by atoms with Crippen LogP contribution in [0.3, 0.4) is 0 Å².